The van der Waals surface area contributed by atoms with Crippen LogP contribution in [-0.2, 0) is 4.74 Å². The van der Waals surface area contributed by atoms with Crippen LogP contribution in [0.15, 0.2) is 0 Å². The summed E-state index contributed by atoms with van der Waals surface area (Å²) in [4.78, 5) is 16.7. The summed E-state index contributed by atoms with van der Waals surface area (Å²) in [6, 6.07) is 0.897. The van der Waals surface area contributed by atoms with Gasteiger partial charge in [0, 0.05) is 52.0 Å². The van der Waals surface area contributed by atoms with Gasteiger partial charge in [-0.15, -0.1) is 0 Å². The first kappa shape index (κ1) is 18.2. The molecule has 1 heterocycles. The van der Waals surface area contributed by atoms with E-state index in [0.717, 1.165) is 45.6 Å². The van der Waals surface area contributed by atoms with Crippen LogP contribution in [0, 0.1) is 5.92 Å². The highest BCUT2D eigenvalue weighted by Gasteiger charge is 2.31. The topological polar surface area (TPSA) is 44.8 Å². The van der Waals surface area contributed by atoms with Gasteiger partial charge in [0.1, 0.15) is 0 Å². The molecule has 1 fully saturated rings. The van der Waals surface area contributed by atoms with E-state index in [2.05, 4.69) is 37.9 Å². The van der Waals surface area contributed by atoms with Crippen molar-refractivity contribution in [2.75, 3.05) is 39.9 Å². The van der Waals surface area contributed by atoms with Gasteiger partial charge in [0.25, 0.3) is 0 Å². The van der Waals surface area contributed by atoms with Gasteiger partial charge in [-0.3, -0.25) is 4.90 Å². The van der Waals surface area contributed by atoms with Gasteiger partial charge in [0.2, 0.25) is 0 Å². The molecule has 2 atom stereocenters. The largest absolute Gasteiger partial charge is 0.385 e. The highest BCUT2D eigenvalue weighted by molar-refractivity contribution is 5.74. The summed E-state index contributed by atoms with van der Waals surface area (Å²) in [5.41, 5.74) is 0. The van der Waals surface area contributed by atoms with E-state index in [9.17, 15) is 4.79 Å². The number of carbonyl (C=O) groups excluding carboxylic acids is 1. The average molecular weight is 299 g/mol. The summed E-state index contributed by atoms with van der Waals surface area (Å²) < 4.78 is 5.13. The maximum absolute atomic E-state index is 12.2. The monoisotopic (exact) mass is 299 g/mol. The van der Waals surface area contributed by atoms with E-state index < -0.39 is 0 Å². The Morgan fingerprint density at radius 2 is 1.90 bits per heavy atom. The van der Waals surface area contributed by atoms with Crippen LogP contribution in [0.3, 0.4) is 0 Å². The SMILES string of the molecule is COCCCN1C(C)CN(C(=O)NCCC(C)C)CC1C. The molecule has 2 amide bonds. The van der Waals surface area contributed by atoms with Crippen molar-refractivity contribution >= 4 is 6.03 Å². The van der Waals surface area contributed by atoms with Crippen LogP contribution < -0.4 is 5.32 Å². The maximum Gasteiger partial charge on any atom is 0.317 e. The molecular formula is C16H33N3O2. The lowest BCUT2D eigenvalue weighted by Gasteiger charge is -2.44. The third-order valence-electron chi connectivity index (χ3n) is 4.15. The number of hydrogen-bond acceptors (Lipinski definition) is 3. The van der Waals surface area contributed by atoms with E-state index in [0.29, 0.717) is 18.0 Å². The number of nitrogens with one attached hydrogen (secondary N) is 1. The lowest BCUT2D eigenvalue weighted by atomic mass is 10.1. The molecule has 0 aromatic carbocycles. The molecule has 5 heteroatoms. The molecule has 1 N–H and O–H groups in total. The van der Waals surface area contributed by atoms with E-state index in [1.165, 1.54) is 0 Å². The Morgan fingerprint density at radius 3 is 2.43 bits per heavy atom. The van der Waals surface area contributed by atoms with Crippen molar-refractivity contribution in [2.45, 2.75) is 52.6 Å². The van der Waals surface area contributed by atoms with E-state index in [4.69, 9.17) is 4.74 Å². The molecule has 1 aliphatic rings. The molecule has 2 unspecified atom stereocenters. The second kappa shape index (κ2) is 9.26. The van der Waals surface area contributed by atoms with Crippen molar-refractivity contribution in [3.05, 3.63) is 0 Å². The molecule has 0 aromatic heterocycles. The number of methoxy groups -OCH3 is 1. The molecule has 0 saturated carbocycles. The van der Waals surface area contributed by atoms with Crippen molar-refractivity contribution in [2.24, 2.45) is 5.92 Å². The van der Waals surface area contributed by atoms with Gasteiger partial charge < -0.3 is 15.0 Å². The number of rotatable bonds is 7. The minimum Gasteiger partial charge on any atom is -0.385 e. The fourth-order valence-electron chi connectivity index (χ4n) is 2.93. The highest BCUT2D eigenvalue weighted by Crippen LogP contribution is 2.16. The molecule has 1 saturated heterocycles. The van der Waals surface area contributed by atoms with E-state index in [1.807, 2.05) is 4.90 Å². The first-order valence-electron chi connectivity index (χ1n) is 8.23. The van der Waals surface area contributed by atoms with Gasteiger partial charge >= 0.3 is 6.03 Å². The van der Waals surface area contributed by atoms with Gasteiger partial charge in [0.05, 0.1) is 0 Å². The first-order valence-corrected chi connectivity index (χ1v) is 8.23. The Hall–Kier alpha value is -0.810. The van der Waals surface area contributed by atoms with Gasteiger partial charge in [0.15, 0.2) is 0 Å². The Balaban J connectivity index is 2.39. The number of urea groups is 1. The van der Waals surface area contributed by atoms with Crippen molar-refractivity contribution in [1.29, 1.82) is 0 Å². The molecule has 5 nitrogen and oxygen atoms in total. The zero-order valence-electron chi connectivity index (χ0n) is 14.4. The number of nitrogens with zero attached hydrogens (tertiary/aromatic N) is 2. The number of piperazine rings is 1. The lowest BCUT2D eigenvalue weighted by Crippen LogP contribution is -2.59. The molecule has 0 bridgehead atoms. The molecule has 1 aliphatic heterocycles. The number of hydrogen-bond donors (Lipinski definition) is 1. The Bertz CT molecular complexity index is 298. The molecule has 0 aliphatic carbocycles. The molecule has 1 rings (SSSR count). The summed E-state index contributed by atoms with van der Waals surface area (Å²) >= 11 is 0. The van der Waals surface area contributed by atoms with Crippen LogP contribution in [0.25, 0.3) is 0 Å². The minimum absolute atomic E-state index is 0.0888. The second-order valence-corrected chi connectivity index (χ2v) is 6.60. The molecule has 124 valence electrons. The summed E-state index contributed by atoms with van der Waals surface area (Å²) in [5.74, 6) is 0.626. The summed E-state index contributed by atoms with van der Waals surface area (Å²) in [6.07, 6.45) is 2.08. The Labute approximate surface area is 130 Å². The van der Waals surface area contributed by atoms with Crippen LogP contribution >= 0.6 is 0 Å². The van der Waals surface area contributed by atoms with E-state index in [-0.39, 0.29) is 6.03 Å². The Morgan fingerprint density at radius 1 is 1.29 bits per heavy atom. The second-order valence-electron chi connectivity index (χ2n) is 6.60. The third-order valence-corrected chi connectivity index (χ3v) is 4.15. The fraction of sp³-hybridized carbons (Fsp3) is 0.938. The van der Waals surface area contributed by atoms with Crippen LogP contribution in [0.5, 0.6) is 0 Å². The highest BCUT2D eigenvalue weighted by atomic mass is 16.5. The van der Waals surface area contributed by atoms with Crippen molar-refractivity contribution in [1.82, 2.24) is 15.1 Å². The average Bonchev–Trinajstić information content (AvgIpc) is 2.41. The summed E-state index contributed by atoms with van der Waals surface area (Å²) in [7, 11) is 1.74. The van der Waals surface area contributed by atoms with Crippen molar-refractivity contribution in [3.63, 3.8) is 0 Å². The number of amides is 2. The summed E-state index contributed by atoms with van der Waals surface area (Å²) in [6.45, 7) is 13.0. The number of carbonyl (C=O) groups is 1. The van der Waals surface area contributed by atoms with E-state index >= 15 is 0 Å². The van der Waals surface area contributed by atoms with Crippen molar-refractivity contribution < 1.29 is 9.53 Å². The lowest BCUT2D eigenvalue weighted by molar-refractivity contribution is 0.0480. The molecule has 0 aromatic rings. The van der Waals surface area contributed by atoms with Crippen LogP contribution in [0.2, 0.25) is 0 Å². The molecule has 0 radical (unpaired) electrons. The third kappa shape index (κ3) is 6.22. The predicted octanol–water partition coefficient (Wildman–Crippen LogP) is 2.17. The van der Waals surface area contributed by atoms with E-state index in [1.54, 1.807) is 7.11 Å². The normalized spacial score (nSPS) is 23.6. The first-order chi connectivity index (χ1) is 9.95. The Kier molecular flexibility index (Phi) is 8.04. The molecular weight excluding hydrogens is 266 g/mol. The zero-order valence-corrected chi connectivity index (χ0v) is 14.4. The summed E-state index contributed by atoms with van der Waals surface area (Å²) in [5, 5.41) is 3.04. The maximum atomic E-state index is 12.2. The van der Waals surface area contributed by atoms with Crippen LogP contribution in [0.1, 0.15) is 40.5 Å². The standard InChI is InChI=1S/C16H33N3O2/c1-13(2)7-8-17-16(20)18-11-14(3)19(15(4)12-18)9-6-10-21-5/h13-15H,6-12H2,1-5H3,(H,17,20). The quantitative estimate of drug-likeness (QED) is 0.733. The van der Waals surface area contributed by atoms with Crippen molar-refractivity contribution in [3.8, 4) is 0 Å². The zero-order chi connectivity index (χ0) is 15.8. The van der Waals surface area contributed by atoms with Gasteiger partial charge in [-0.25, -0.2) is 4.79 Å². The van der Waals surface area contributed by atoms with Gasteiger partial charge in [-0.05, 0) is 32.6 Å². The van der Waals surface area contributed by atoms with Crippen LogP contribution in [-0.4, -0.2) is 67.8 Å². The van der Waals surface area contributed by atoms with Gasteiger partial charge in [-0.1, -0.05) is 13.8 Å². The molecule has 0 spiro atoms. The minimum atomic E-state index is 0.0888. The van der Waals surface area contributed by atoms with Gasteiger partial charge in [-0.2, -0.15) is 0 Å². The smallest absolute Gasteiger partial charge is 0.317 e. The van der Waals surface area contributed by atoms with Crippen LogP contribution in [0.4, 0.5) is 4.79 Å². The predicted molar refractivity (Wildman–Crippen MR) is 86.5 cm³/mol. The fourth-order valence-corrected chi connectivity index (χ4v) is 2.93. The number of ether oxygens (including phenoxy) is 1. The molecule has 21 heavy (non-hydrogen) atoms.